The summed E-state index contributed by atoms with van der Waals surface area (Å²) < 4.78 is 0. The van der Waals surface area contributed by atoms with Crippen LogP contribution in [0.2, 0.25) is 0 Å². The minimum atomic E-state index is -0.876. The van der Waals surface area contributed by atoms with Crippen LogP contribution in [0.4, 0.5) is 11.4 Å². The molecule has 1 heterocycles. The summed E-state index contributed by atoms with van der Waals surface area (Å²) >= 11 is 0. The number of aliphatic hydroxyl groups excluding tert-OH is 1. The second kappa shape index (κ2) is 9.32. The largest absolute Gasteiger partial charge is 0.389 e. The number of benzene rings is 2. The van der Waals surface area contributed by atoms with Gasteiger partial charge < -0.3 is 20.6 Å². The molecule has 2 aromatic rings. The van der Waals surface area contributed by atoms with Crippen LogP contribution in [-0.4, -0.2) is 61.2 Å². The smallest absolute Gasteiger partial charge is 0.261 e. The summed E-state index contributed by atoms with van der Waals surface area (Å²) in [4.78, 5) is 30.8. The third-order valence-electron chi connectivity index (χ3n) is 4.38. The maximum atomic E-state index is 12.3. The molecule has 8 nitrogen and oxygen atoms in total. The van der Waals surface area contributed by atoms with E-state index in [1.54, 1.807) is 31.3 Å². The summed E-state index contributed by atoms with van der Waals surface area (Å²) in [5.74, 6) is -0.727. The van der Waals surface area contributed by atoms with Crippen molar-refractivity contribution in [3.63, 3.8) is 0 Å². The molecule has 28 heavy (non-hydrogen) atoms. The zero-order valence-corrected chi connectivity index (χ0v) is 15.6. The third-order valence-corrected chi connectivity index (χ3v) is 4.38. The number of hydroxylamine groups is 1. The Balaban J connectivity index is 1.46. The standard InChI is InChI=1S/C20H24N4O4/c1-21-28-11-10-22-14-6-8-15(9-7-14)23-12-16(25)13-24-19(26)17-4-2-3-5-18(17)20(24)27/h2-9,16,21-23,25H,10-13H2,1H3. The summed E-state index contributed by atoms with van der Waals surface area (Å²) in [6.45, 7) is 1.38. The molecule has 4 N–H and O–H groups in total. The number of fused-ring (bicyclic) bond motifs is 1. The molecule has 2 amide bonds. The highest BCUT2D eigenvalue weighted by Crippen LogP contribution is 2.22. The topological polar surface area (TPSA) is 103 Å². The van der Waals surface area contributed by atoms with Crippen molar-refractivity contribution in [2.75, 3.05) is 43.9 Å². The summed E-state index contributed by atoms with van der Waals surface area (Å²) in [5, 5.41) is 16.6. The number of imide groups is 1. The van der Waals surface area contributed by atoms with Crippen LogP contribution in [0.25, 0.3) is 0 Å². The van der Waals surface area contributed by atoms with Gasteiger partial charge in [-0.05, 0) is 36.4 Å². The zero-order valence-electron chi connectivity index (χ0n) is 15.6. The van der Waals surface area contributed by atoms with Gasteiger partial charge in [-0.25, -0.2) is 5.48 Å². The third kappa shape index (κ3) is 4.66. The molecule has 0 bridgehead atoms. The van der Waals surface area contributed by atoms with E-state index in [4.69, 9.17) is 4.84 Å². The molecule has 0 aromatic heterocycles. The second-order valence-corrected chi connectivity index (χ2v) is 6.36. The van der Waals surface area contributed by atoms with E-state index >= 15 is 0 Å². The van der Waals surface area contributed by atoms with Gasteiger partial charge in [-0.2, -0.15) is 0 Å². The van der Waals surface area contributed by atoms with E-state index in [-0.39, 0.29) is 24.9 Å². The highest BCUT2D eigenvalue weighted by molar-refractivity contribution is 6.21. The zero-order chi connectivity index (χ0) is 19.9. The van der Waals surface area contributed by atoms with Crippen LogP contribution in [0, 0.1) is 0 Å². The highest BCUT2D eigenvalue weighted by atomic mass is 16.6. The molecular formula is C20H24N4O4. The molecule has 0 saturated carbocycles. The van der Waals surface area contributed by atoms with E-state index in [0.29, 0.717) is 24.3 Å². The van der Waals surface area contributed by atoms with Gasteiger partial charge in [0.25, 0.3) is 11.8 Å². The van der Waals surface area contributed by atoms with E-state index in [0.717, 1.165) is 16.3 Å². The number of nitrogens with zero attached hydrogens (tertiary/aromatic N) is 1. The number of carbonyl (C=O) groups excluding carboxylic acids is 2. The van der Waals surface area contributed by atoms with E-state index in [1.807, 2.05) is 24.3 Å². The number of hydrogen-bond acceptors (Lipinski definition) is 7. The molecule has 1 aliphatic heterocycles. The van der Waals surface area contributed by atoms with Gasteiger partial charge in [0.15, 0.2) is 0 Å². The van der Waals surface area contributed by atoms with E-state index < -0.39 is 6.10 Å². The van der Waals surface area contributed by atoms with Crippen LogP contribution in [0.1, 0.15) is 20.7 Å². The lowest BCUT2D eigenvalue weighted by Gasteiger charge is -2.19. The minimum Gasteiger partial charge on any atom is -0.389 e. The number of rotatable bonds is 10. The molecule has 1 aliphatic rings. The summed E-state index contributed by atoms with van der Waals surface area (Å²) in [5.41, 5.74) is 5.16. The fourth-order valence-corrected chi connectivity index (χ4v) is 2.97. The van der Waals surface area contributed by atoms with Gasteiger partial charge in [-0.1, -0.05) is 12.1 Å². The number of amides is 2. The fraction of sp³-hybridized carbons (Fsp3) is 0.300. The molecule has 0 fully saturated rings. The maximum Gasteiger partial charge on any atom is 0.261 e. The van der Waals surface area contributed by atoms with Crippen molar-refractivity contribution < 1.29 is 19.5 Å². The molecule has 148 valence electrons. The first-order valence-corrected chi connectivity index (χ1v) is 9.10. The van der Waals surface area contributed by atoms with Crippen molar-refractivity contribution >= 4 is 23.2 Å². The van der Waals surface area contributed by atoms with E-state index in [9.17, 15) is 14.7 Å². The van der Waals surface area contributed by atoms with Crippen LogP contribution in [-0.2, 0) is 4.84 Å². The monoisotopic (exact) mass is 384 g/mol. The van der Waals surface area contributed by atoms with Crippen molar-refractivity contribution in [2.24, 2.45) is 0 Å². The summed E-state index contributed by atoms with van der Waals surface area (Å²) in [6.07, 6.45) is -0.876. The Bertz CT molecular complexity index is 790. The number of β-amino-alcohol motifs (C(OH)–C–C–N with tert-alkyl or cyclic N) is 1. The predicted octanol–water partition coefficient (Wildman–Crippen LogP) is 1.32. The Kier molecular flexibility index (Phi) is 6.59. The maximum absolute atomic E-state index is 12.3. The molecule has 0 aliphatic carbocycles. The van der Waals surface area contributed by atoms with Gasteiger partial charge in [0.05, 0.1) is 30.4 Å². The number of hydrogen-bond donors (Lipinski definition) is 4. The molecule has 0 radical (unpaired) electrons. The lowest BCUT2D eigenvalue weighted by atomic mass is 10.1. The van der Waals surface area contributed by atoms with Crippen molar-refractivity contribution in [3.8, 4) is 0 Å². The first-order chi connectivity index (χ1) is 13.6. The first-order valence-electron chi connectivity index (χ1n) is 9.10. The normalized spacial score (nSPS) is 14.1. The number of nitrogens with one attached hydrogen (secondary N) is 3. The molecular weight excluding hydrogens is 360 g/mol. The molecule has 3 rings (SSSR count). The van der Waals surface area contributed by atoms with Gasteiger partial charge >= 0.3 is 0 Å². The van der Waals surface area contributed by atoms with Crippen LogP contribution < -0.4 is 16.1 Å². The van der Waals surface area contributed by atoms with E-state index in [1.165, 1.54) is 0 Å². The van der Waals surface area contributed by atoms with Crippen LogP contribution >= 0.6 is 0 Å². The van der Waals surface area contributed by atoms with Gasteiger partial charge in [0.1, 0.15) is 0 Å². The molecule has 1 atom stereocenters. The lowest BCUT2D eigenvalue weighted by molar-refractivity contribution is 0.0557. The Morgan fingerprint density at radius 1 is 0.964 bits per heavy atom. The van der Waals surface area contributed by atoms with Crippen LogP contribution in [0.3, 0.4) is 0 Å². The second-order valence-electron chi connectivity index (χ2n) is 6.36. The van der Waals surface area contributed by atoms with Gasteiger partial charge in [-0.15, -0.1) is 0 Å². The van der Waals surface area contributed by atoms with Gasteiger partial charge in [0.2, 0.25) is 0 Å². The van der Waals surface area contributed by atoms with Gasteiger partial charge in [-0.3, -0.25) is 14.5 Å². The summed E-state index contributed by atoms with van der Waals surface area (Å²) in [7, 11) is 1.71. The minimum absolute atomic E-state index is 0.0511. The quantitative estimate of drug-likeness (QED) is 0.278. The van der Waals surface area contributed by atoms with E-state index in [2.05, 4.69) is 16.1 Å². The van der Waals surface area contributed by atoms with Crippen LogP contribution in [0.5, 0.6) is 0 Å². The average molecular weight is 384 g/mol. The van der Waals surface area contributed by atoms with Gasteiger partial charge in [0, 0.05) is 31.5 Å². The van der Waals surface area contributed by atoms with Crippen molar-refractivity contribution in [3.05, 3.63) is 59.7 Å². The molecule has 2 aromatic carbocycles. The number of aliphatic hydroxyl groups is 1. The average Bonchev–Trinajstić information content (AvgIpc) is 2.96. The Morgan fingerprint density at radius 3 is 2.11 bits per heavy atom. The lowest BCUT2D eigenvalue weighted by Crippen LogP contribution is -2.39. The SMILES string of the molecule is CNOCCNc1ccc(NCC(O)CN2C(=O)c3ccccc3C2=O)cc1. The Morgan fingerprint density at radius 2 is 1.54 bits per heavy atom. The van der Waals surface area contributed by atoms with Crippen LogP contribution in [0.15, 0.2) is 48.5 Å². The fourth-order valence-electron chi connectivity index (χ4n) is 2.97. The Labute approximate surface area is 163 Å². The predicted molar refractivity (Wildman–Crippen MR) is 106 cm³/mol. The van der Waals surface area contributed by atoms with Crippen molar-refractivity contribution in [1.29, 1.82) is 0 Å². The molecule has 0 spiro atoms. The molecule has 8 heteroatoms. The Hall–Kier alpha value is -2.94. The first kappa shape index (κ1) is 19.8. The molecule has 0 saturated heterocycles. The number of carbonyl (C=O) groups is 2. The summed E-state index contributed by atoms with van der Waals surface area (Å²) in [6, 6.07) is 14.3. The van der Waals surface area contributed by atoms with Crippen molar-refractivity contribution in [1.82, 2.24) is 10.4 Å². The molecule has 1 unspecified atom stereocenters. The highest BCUT2D eigenvalue weighted by Gasteiger charge is 2.35. The van der Waals surface area contributed by atoms with Crippen molar-refractivity contribution in [2.45, 2.75) is 6.10 Å². The number of anilines is 2.